The van der Waals surface area contributed by atoms with Crippen LogP contribution in [0, 0.1) is 11.6 Å². The van der Waals surface area contributed by atoms with Crippen LogP contribution in [0.3, 0.4) is 0 Å². The summed E-state index contributed by atoms with van der Waals surface area (Å²) in [6.45, 7) is 0.149. The zero-order valence-corrected chi connectivity index (χ0v) is 11.6. The number of carbonyl (C=O) groups excluding carboxylic acids is 1. The number of halogens is 2. The van der Waals surface area contributed by atoms with Gasteiger partial charge in [0.2, 0.25) is 6.79 Å². The van der Waals surface area contributed by atoms with Gasteiger partial charge in [0.1, 0.15) is 0 Å². The van der Waals surface area contributed by atoms with Gasteiger partial charge >= 0.3 is 0 Å². The predicted octanol–water partition coefficient (Wildman–Crippen LogP) is 3.67. The molecule has 108 valence electrons. The molecule has 0 fully saturated rings. The lowest BCUT2D eigenvalue weighted by Gasteiger charge is -2.03. The largest absolute Gasteiger partial charge is 0.454 e. The van der Waals surface area contributed by atoms with Crippen LogP contribution in [0.25, 0.3) is 0 Å². The van der Waals surface area contributed by atoms with Gasteiger partial charge in [0, 0.05) is 10.5 Å². The van der Waals surface area contributed by atoms with Crippen LogP contribution in [0.15, 0.2) is 41.3 Å². The molecule has 3 nitrogen and oxygen atoms in total. The zero-order valence-electron chi connectivity index (χ0n) is 10.8. The molecule has 0 amide bonds. The van der Waals surface area contributed by atoms with Crippen LogP contribution in [-0.2, 0) is 0 Å². The van der Waals surface area contributed by atoms with Crippen LogP contribution in [0.4, 0.5) is 8.78 Å². The van der Waals surface area contributed by atoms with E-state index < -0.39 is 11.6 Å². The molecule has 0 radical (unpaired) electrons. The predicted molar refractivity (Wildman–Crippen MR) is 74.0 cm³/mol. The van der Waals surface area contributed by atoms with Gasteiger partial charge in [-0.1, -0.05) is 0 Å². The van der Waals surface area contributed by atoms with Gasteiger partial charge in [0.05, 0.1) is 5.75 Å². The number of benzene rings is 2. The van der Waals surface area contributed by atoms with E-state index in [9.17, 15) is 13.6 Å². The van der Waals surface area contributed by atoms with E-state index in [4.69, 9.17) is 9.47 Å². The molecule has 0 aliphatic carbocycles. The molecule has 0 N–H and O–H groups in total. The highest BCUT2D eigenvalue weighted by atomic mass is 32.2. The Morgan fingerprint density at radius 3 is 2.67 bits per heavy atom. The minimum Gasteiger partial charge on any atom is -0.454 e. The Bertz CT molecular complexity index is 703. The fourth-order valence-electron chi connectivity index (χ4n) is 1.87. The summed E-state index contributed by atoms with van der Waals surface area (Å²) in [6.07, 6.45) is 0. The van der Waals surface area contributed by atoms with E-state index in [0.29, 0.717) is 22.0 Å². The number of fused-ring (bicyclic) bond motifs is 1. The average molecular weight is 308 g/mol. The minimum atomic E-state index is -0.921. The van der Waals surface area contributed by atoms with Gasteiger partial charge < -0.3 is 9.47 Å². The third-order valence-corrected chi connectivity index (χ3v) is 3.95. The van der Waals surface area contributed by atoms with Gasteiger partial charge in [-0.25, -0.2) is 8.78 Å². The molecule has 6 heteroatoms. The summed E-state index contributed by atoms with van der Waals surface area (Å²) in [5, 5.41) is 0. The van der Waals surface area contributed by atoms with E-state index in [-0.39, 0.29) is 18.3 Å². The van der Waals surface area contributed by atoms with Crippen LogP contribution < -0.4 is 9.47 Å². The molecule has 0 spiro atoms. The summed E-state index contributed by atoms with van der Waals surface area (Å²) in [5.74, 6) is -0.663. The second-order valence-corrected chi connectivity index (χ2v) is 5.40. The van der Waals surface area contributed by atoms with Crippen molar-refractivity contribution < 1.29 is 23.0 Å². The minimum absolute atomic E-state index is 0.122. The number of thioether (sulfide) groups is 1. The van der Waals surface area contributed by atoms with Crippen molar-refractivity contribution in [1.29, 1.82) is 0 Å². The molecule has 2 aromatic carbocycles. The number of Topliss-reactive ketones (excluding diaryl/α,β-unsaturated/α-hetero) is 1. The fraction of sp³-hybridized carbons (Fsp3) is 0.133. The fourth-order valence-corrected chi connectivity index (χ4v) is 2.68. The maximum atomic E-state index is 13.1. The van der Waals surface area contributed by atoms with Crippen LogP contribution in [0.2, 0.25) is 0 Å². The summed E-state index contributed by atoms with van der Waals surface area (Å²) < 4.78 is 36.3. The molecule has 21 heavy (non-hydrogen) atoms. The highest BCUT2D eigenvalue weighted by Gasteiger charge is 2.16. The second kappa shape index (κ2) is 5.73. The summed E-state index contributed by atoms with van der Waals surface area (Å²) in [4.78, 5) is 12.6. The molecule has 0 saturated carbocycles. The van der Waals surface area contributed by atoms with Crippen molar-refractivity contribution in [2.75, 3.05) is 12.5 Å². The Hall–Kier alpha value is -2.08. The average Bonchev–Trinajstić information content (AvgIpc) is 2.95. The Kier molecular flexibility index (Phi) is 3.79. The zero-order chi connectivity index (χ0) is 14.8. The van der Waals surface area contributed by atoms with E-state index in [1.165, 1.54) is 6.07 Å². The first-order valence-corrected chi connectivity index (χ1v) is 7.13. The molecule has 0 aromatic heterocycles. The highest BCUT2D eigenvalue weighted by Crippen LogP contribution is 2.33. The van der Waals surface area contributed by atoms with Crippen molar-refractivity contribution in [2.45, 2.75) is 4.90 Å². The summed E-state index contributed by atoms with van der Waals surface area (Å²) >= 11 is 1.15. The first-order chi connectivity index (χ1) is 10.1. The maximum absolute atomic E-state index is 13.1. The van der Waals surface area contributed by atoms with E-state index >= 15 is 0 Å². The first kappa shape index (κ1) is 13.9. The van der Waals surface area contributed by atoms with E-state index in [1.807, 2.05) is 0 Å². The topological polar surface area (TPSA) is 35.5 Å². The molecule has 1 aliphatic heterocycles. The molecule has 2 aromatic rings. The molecule has 1 aliphatic rings. The lowest BCUT2D eigenvalue weighted by molar-refractivity contribution is 0.102. The second-order valence-electron chi connectivity index (χ2n) is 4.36. The smallest absolute Gasteiger partial charge is 0.231 e. The van der Waals surface area contributed by atoms with E-state index in [0.717, 1.165) is 23.9 Å². The summed E-state index contributed by atoms with van der Waals surface area (Å²) in [5.41, 5.74) is 0.495. The molecule has 0 atom stereocenters. The van der Waals surface area contributed by atoms with Crippen LogP contribution in [0.5, 0.6) is 11.5 Å². The van der Waals surface area contributed by atoms with Gasteiger partial charge in [-0.15, -0.1) is 11.8 Å². The molecule has 0 unspecified atom stereocenters. The van der Waals surface area contributed by atoms with Gasteiger partial charge in [-0.3, -0.25) is 4.79 Å². The number of ketones is 1. The third kappa shape index (κ3) is 3.00. The lowest BCUT2D eigenvalue weighted by Crippen LogP contribution is -2.02. The Balaban J connectivity index is 1.67. The normalized spacial score (nSPS) is 12.5. The first-order valence-electron chi connectivity index (χ1n) is 6.14. The molecule has 1 heterocycles. The van der Waals surface area contributed by atoms with Crippen molar-refractivity contribution in [3.05, 3.63) is 53.6 Å². The number of hydrogen-bond acceptors (Lipinski definition) is 4. The Morgan fingerprint density at radius 1 is 1.05 bits per heavy atom. The van der Waals surface area contributed by atoms with Gasteiger partial charge in [0.25, 0.3) is 0 Å². The van der Waals surface area contributed by atoms with E-state index in [2.05, 4.69) is 0 Å². The lowest BCUT2D eigenvalue weighted by atomic mass is 10.1. The van der Waals surface area contributed by atoms with Gasteiger partial charge in [-0.05, 0) is 36.4 Å². The third-order valence-electron chi connectivity index (χ3n) is 2.96. The van der Waals surface area contributed by atoms with Crippen LogP contribution >= 0.6 is 11.8 Å². The molecular formula is C15H10F2O3S. The standard InChI is InChI=1S/C15H10F2O3S/c16-11-3-2-10(6-12(11)17)21-7-13(18)9-1-4-14-15(5-9)20-8-19-14/h1-6H,7-8H2. The van der Waals surface area contributed by atoms with Crippen molar-refractivity contribution in [3.63, 3.8) is 0 Å². The molecule has 0 saturated heterocycles. The Morgan fingerprint density at radius 2 is 1.86 bits per heavy atom. The van der Waals surface area contributed by atoms with Gasteiger partial charge in [-0.2, -0.15) is 0 Å². The van der Waals surface area contributed by atoms with Gasteiger partial charge in [0.15, 0.2) is 28.9 Å². The summed E-state index contributed by atoms with van der Waals surface area (Å²) in [6, 6.07) is 8.52. The Labute approximate surface area is 123 Å². The van der Waals surface area contributed by atoms with Crippen molar-refractivity contribution >= 4 is 17.5 Å². The SMILES string of the molecule is O=C(CSc1ccc(F)c(F)c1)c1ccc2c(c1)OCO2. The molecular weight excluding hydrogens is 298 g/mol. The van der Waals surface area contributed by atoms with E-state index in [1.54, 1.807) is 18.2 Å². The highest BCUT2D eigenvalue weighted by molar-refractivity contribution is 8.00. The monoisotopic (exact) mass is 308 g/mol. The summed E-state index contributed by atoms with van der Waals surface area (Å²) in [7, 11) is 0. The molecule has 0 bridgehead atoms. The maximum Gasteiger partial charge on any atom is 0.231 e. The number of carbonyl (C=O) groups is 1. The molecule has 3 rings (SSSR count). The van der Waals surface area contributed by atoms with Crippen LogP contribution in [-0.4, -0.2) is 18.3 Å². The number of hydrogen-bond donors (Lipinski definition) is 0. The quantitative estimate of drug-likeness (QED) is 0.638. The van der Waals surface area contributed by atoms with Crippen molar-refractivity contribution in [2.24, 2.45) is 0 Å². The van der Waals surface area contributed by atoms with Crippen LogP contribution in [0.1, 0.15) is 10.4 Å². The van der Waals surface area contributed by atoms with Crippen molar-refractivity contribution in [1.82, 2.24) is 0 Å². The number of rotatable bonds is 4. The van der Waals surface area contributed by atoms with Crippen molar-refractivity contribution in [3.8, 4) is 11.5 Å². The number of ether oxygens (including phenoxy) is 2.